The zero-order valence-corrected chi connectivity index (χ0v) is 11.1. The number of hydrogen-bond acceptors (Lipinski definition) is 3. The van der Waals surface area contributed by atoms with Crippen molar-refractivity contribution in [2.75, 3.05) is 18.5 Å². The van der Waals surface area contributed by atoms with Crippen LogP contribution in [-0.2, 0) is 0 Å². The SMILES string of the molecule is CCCNc1ccccc1C(=O)NC(C)CCO. The van der Waals surface area contributed by atoms with Crippen molar-refractivity contribution in [3.05, 3.63) is 29.8 Å². The molecule has 100 valence electrons. The first-order valence-electron chi connectivity index (χ1n) is 6.43. The molecule has 4 nitrogen and oxygen atoms in total. The Balaban J connectivity index is 2.71. The maximum absolute atomic E-state index is 12.1. The first kappa shape index (κ1) is 14.5. The smallest absolute Gasteiger partial charge is 0.253 e. The van der Waals surface area contributed by atoms with E-state index in [2.05, 4.69) is 17.6 Å². The van der Waals surface area contributed by atoms with Crippen LogP contribution in [0, 0.1) is 0 Å². The Morgan fingerprint density at radius 3 is 2.78 bits per heavy atom. The molecular weight excluding hydrogens is 228 g/mol. The molecule has 3 N–H and O–H groups in total. The lowest BCUT2D eigenvalue weighted by Gasteiger charge is -2.15. The number of para-hydroxylation sites is 1. The van der Waals surface area contributed by atoms with Crippen LogP contribution in [0.2, 0.25) is 0 Å². The number of aliphatic hydroxyl groups excluding tert-OH is 1. The number of nitrogens with one attached hydrogen (secondary N) is 2. The van der Waals surface area contributed by atoms with Gasteiger partial charge in [-0.3, -0.25) is 4.79 Å². The van der Waals surface area contributed by atoms with Crippen LogP contribution in [0.25, 0.3) is 0 Å². The number of aliphatic hydroxyl groups is 1. The van der Waals surface area contributed by atoms with E-state index >= 15 is 0 Å². The molecule has 0 aromatic heterocycles. The molecule has 4 heteroatoms. The van der Waals surface area contributed by atoms with E-state index in [4.69, 9.17) is 5.11 Å². The van der Waals surface area contributed by atoms with E-state index < -0.39 is 0 Å². The molecule has 1 aromatic rings. The number of hydrogen-bond donors (Lipinski definition) is 3. The maximum atomic E-state index is 12.1. The minimum Gasteiger partial charge on any atom is -0.396 e. The largest absolute Gasteiger partial charge is 0.396 e. The molecule has 1 aromatic carbocycles. The monoisotopic (exact) mass is 250 g/mol. The van der Waals surface area contributed by atoms with E-state index in [9.17, 15) is 4.79 Å². The van der Waals surface area contributed by atoms with Crippen molar-refractivity contribution < 1.29 is 9.90 Å². The van der Waals surface area contributed by atoms with Gasteiger partial charge in [0.25, 0.3) is 5.91 Å². The third kappa shape index (κ3) is 4.37. The molecule has 1 amide bonds. The molecule has 0 aliphatic carbocycles. The molecule has 1 atom stereocenters. The normalized spacial score (nSPS) is 11.9. The summed E-state index contributed by atoms with van der Waals surface area (Å²) < 4.78 is 0. The highest BCUT2D eigenvalue weighted by atomic mass is 16.3. The number of carbonyl (C=O) groups excluding carboxylic acids is 1. The molecule has 0 aliphatic heterocycles. The van der Waals surface area contributed by atoms with Gasteiger partial charge in [0.2, 0.25) is 0 Å². The fourth-order valence-electron chi connectivity index (χ4n) is 1.66. The van der Waals surface area contributed by atoms with Gasteiger partial charge in [-0.15, -0.1) is 0 Å². The summed E-state index contributed by atoms with van der Waals surface area (Å²) in [6.45, 7) is 4.89. The lowest BCUT2D eigenvalue weighted by Crippen LogP contribution is -2.33. The van der Waals surface area contributed by atoms with Crippen LogP contribution in [0.3, 0.4) is 0 Å². The first-order chi connectivity index (χ1) is 8.69. The second-order valence-corrected chi connectivity index (χ2v) is 4.36. The fraction of sp³-hybridized carbons (Fsp3) is 0.500. The van der Waals surface area contributed by atoms with Crippen molar-refractivity contribution in [1.82, 2.24) is 5.32 Å². The third-order valence-electron chi connectivity index (χ3n) is 2.68. The van der Waals surface area contributed by atoms with Crippen LogP contribution >= 0.6 is 0 Å². The Morgan fingerprint density at radius 1 is 1.39 bits per heavy atom. The average Bonchev–Trinajstić information content (AvgIpc) is 2.36. The number of carbonyl (C=O) groups is 1. The number of amides is 1. The lowest BCUT2D eigenvalue weighted by molar-refractivity contribution is 0.0935. The van der Waals surface area contributed by atoms with Gasteiger partial charge in [-0.25, -0.2) is 0 Å². The molecule has 1 unspecified atom stereocenters. The van der Waals surface area contributed by atoms with Crippen LogP contribution in [0.1, 0.15) is 37.0 Å². The van der Waals surface area contributed by atoms with E-state index in [1.165, 1.54) is 0 Å². The van der Waals surface area contributed by atoms with Gasteiger partial charge >= 0.3 is 0 Å². The van der Waals surface area contributed by atoms with E-state index in [0.29, 0.717) is 12.0 Å². The number of rotatable bonds is 7. The summed E-state index contributed by atoms with van der Waals surface area (Å²) in [6.07, 6.45) is 1.58. The molecule has 0 saturated carbocycles. The number of anilines is 1. The molecule has 0 aliphatic rings. The quantitative estimate of drug-likeness (QED) is 0.693. The van der Waals surface area contributed by atoms with Crippen LogP contribution in [0.4, 0.5) is 5.69 Å². The van der Waals surface area contributed by atoms with Crippen molar-refractivity contribution in [1.29, 1.82) is 0 Å². The molecule has 0 spiro atoms. The molecule has 0 radical (unpaired) electrons. The van der Waals surface area contributed by atoms with Gasteiger partial charge in [0.1, 0.15) is 0 Å². The van der Waals surface area contributed by atoms with Gasteiger partial charge in [0.15, 0.2) is 0 Å². The van der Waals surface area contributed by atoms with Gasteiger partial charge in [-0.2, -0.15) is 0 Å². The average molecular weight is 250 g/mol. The zero-order valence-electron chi connectivity index (χ0n) is 11.1. The van der Waals surface area contributed by atoms with E-state index in [-0.39, 0.29) is 18.6 Å². The summed E-state index contributed by atoms with van der Waals surface area (Å²) in [5, 5.41) is 14.9. The Labute approximate surface area is 108 Å². The molecule has 0 heterocycles. The summed E-state index contributed by atoms with van der Waals surface area (Å²) in [7, 11) is 0. The number of benzene rings is 1. The van der Waals surface area contributed by atoms with Crippen molar-refractivity contribution in [2.24, 2.45) is 0 Å². The van der Waals surface area contributed by atoms with Crippen LogP contribution in [0.15, 0.2) is 24.3 Å². The van der Waals surface area contributed by atoms with Crippen LogP contribution in [0.5, 0.6) is 0 Å². The van der Waals surface area contributed by atoms with Crippen molar-refractivity contribution in [3.8, 4) is 0 Å². The van der Waals surface area contributed by atoms with Crippen molar-refractivity contribution >= 4 is 11.6 Å². The molecule has 1 rings (SSSR count). The standard InChI is InChI=1S/C14H22N2O2/c1-3-9-15-13-7-5-4-6-12(13)14(18)16-11(2)8-10-17/h4-7,11,15,17H,3,8-10H2,1-2H3,(H,16,18). The van der Waals surface area contributed by atoms with Crippen molar-refractivity contribution in [3.63, 3.8) is 0 Å². The third-order valence-corrected chi connectivity index (χ3v) is 2.68. The van der Waals surface area contributed by atoms with Gasteiger partial charge < -0.3 is 15.7 Å². The summed E-state index contributed by atoms with van der Waals surface area (Å²) in [5.41, 5.74) is 1.50. The van der Waals surface area contributed by atoms with E-state index in [0.717, 1.165) is 18.7 Å². The Morgan fingerprint density at radius 2 is 2.11 bits per heavy atom. The minimum absolute atomic E-state index is 0.0262. The fourth-order valence-corrected chi connectivity index (χ4v) is 1.66. The van der Waals surface area contributed by atoms with Gasteiger partial charge in [-0.05, 0) is 31.9 Å². The minimum atomic E-state index is -0.102. The van der Waals surface area contributed by atoms with Gasteiger partial charge in [0.05, 0.1) is 5.56 Å². The van der Waals surface area contributed by atoms with Gasteiger partial charge in [-0.1, -0.05) is 19.1 Å². The second-order valence-electron chi connectivity index (χ2n) is 4.36. The Kier molecular flexibility index (Phi) is 6.22. The predicted octanol–water partition coefficient (Wildman–Crippen LogP) is 2.01. The van der Waals surface area contributed by atoms with Crippen LogP contribution in [-0.4, -0.2) is 30.2 Å². The summed E-state index contributed by atoms with van der Waals surface area (Å²) in [6, 6.07) is 7.44. The first-order valence-corrected chi connectivity index (χ1v) is 6.43. The molecular formula is C14H22N2O2. The predicted molar refractivity (Wildman–Crippen MR) is 73.9 cm³/mol. The summed E-state index contributed by atoms with van der Waals surface area (Å²) >= 11 is 0. The molecule has 0 bridgehead atoms. The van der Waals surface area contributed by atoms with Crippen molar-refractivity contribution in [2.45, 2.75) is 32.7 Å². The summed E-state index contributed by atoms with van der Waals surface area (Å²) in [5.74, 6) is -0.102. The lowest BCUT2D eigenvalue weighted by atomic mass is 10.1. The van der Waals surface area contributed by atoms with E-state index in [1.807, 2.05) is 25.1 Å². The van der Waals surface area contributed by atoms with E-state index in [1.54, 1.807) is 6.07 Å². The van der Waals surface area contributed by atoms with Gasteiger partial charge in [0, 0.05) is 24.9 Å². The Bertz CT molecular complexity index is 380. The highest BCUT2D eigenvalue weighted by molar-refractivity contribution is 5.99. The highest BCUT2D eigenvalue weighted by Gasteiger charge is 2.12. The molecule has 0 fully saturated rings. The molecule has 0 saturated heterocycles. The second kappa shape index (κ2) is 7.71. The summed E-state index contributed by atoms with van der Waals surface area (Å²) in [4.78, 5) is 12.1. The zero-order chi connectivity index (χ0) is 13.4. The maximum Gasteiger partial charge on any atom is 0.253 e. The Hall–Kier alpha value is -1.55. The highest BCUT2D eigenvalue weighted by Crippen LogP contribution is 2.15. The van der Waals surface area contributed by atoms with Crippen LogP contribution < -0.4 is 10.6 Å². The molecule has 18 heavy (non-hydrogen) atoms. The topological polar surface area (TPSA) is 61.4 Å².